The van der Waals surface area contributed by atoms with E-state index in [0.717, 1.165) is 22.6 Å². The lowest BCUT2D eigenvalue weighted by Gasteiger charge is -2.10. The first-order chi connectivity index (χ1) is 11.9. The zero-order chi connectivity index (χ0) is 17.9. The van der Waals surface area contributed by atoms with Crippen molar-refractivity contribution in [3.63, 3.8) is 0 Å². The quantitative estimate of drug-likeness (QED) is 0.658. The van der Waals surface area contributed by atoms with Gasteiger partial charge in [-0.3, -0.25) is 4.79 Å². The van der Waals surface area contributed by atoms with E-state index in [2.05, 4.69) is 10.1 Å². The van der Waals surface area contributed by atoms with Gasteiger partial charge in [-0.15, -0.1) is 24.5 Å². The zero-order valence-electron chi connectivity index (χ0n) is 12.7. The van der Waals surface area contributed by atoms with Gasteiger partial charge in [0.15, 0.2) is 0 Å². The summed E-state index contributed by atoms with van der Waals surface area (Å²) in [6.07, 6.45) is -4.74. The van der Waals surface area contributed by atoms with Crippen molar-refractivity contribution in [1.82, 2.24) is 0 Å². The Morgan fingerprint density at radius 3 is 2.20 bits per heavy atom. The van der Waals surface area contributed by atoms with Crippen molar-refractivity contribution in [2.45, 2.75) is 6.36 Å². The topological polar surface area (TPSA) is 38.3 Å². The fourth-order valence-corrected chi connectivity index (χ4v) is 2.90. The summed E-state index contributed by atoms with van der Waals surface area (Å²) in [6, 6.07) is 16.0. The molecule has 0 saturated carbocycles. The van der Waals surface area contributed by atoms with E-state index in [0.29, 0.717) is 11.3 Å². The molecule has 3 nitrogen and oxygen atoms in total. The van der Waals surface area contributed by atoms with Crippen LogP contribution in [-0.2, 0) is 0 Å². The Balaban J connectivity index is 1.66. The van der Waals surface area contributed by atoms with Crippen LogP contribution in [0.2, 0.25) is 0 Å². The van der Waals surface area contributed by atoms with Gasteiger partial charge in [0.05, 0.1) is 0 Å². The van der Waals surface area contributed by atoms with Crippen LogP contribution in [0.15, 0.2) is 66.0 Å². The number of carbonyl (C=O) groups excluding carboxylic acids is 1. The summed E-state index contributed by atoms with van der Waals surface area (Å²) >= 11 is 1.61. The molecule has 0 spiro atoms. The van der Waals surface area contributed by atoms with Crippen molar-refractivity contribution in [3.05, 3.63) is 71.6 Å². The van der Waals surface area contributed by atoms with E-state index >= 15 is 0 Å². The third-order valence-corrected chi connectivity index (χ3v) is 4.22. The first kappa shape index (κ1) is 17.0. The van der Waals surface area contributed by atoms with E-state index in [4.69, 9.17) is 0 Å². The van der Waals surface area contributed by atoms with Crippen molar-refractivity contribution in [2.75, 3.05) is 5.32 Å². The van der Waals surface area contributed by atoms with Crippen LogP contribution in [0.1, 0.15) is 10.4 Å². The molecule has 25 heavy (non-hydrogen) atoms. The fourth-order valence-electron chi connectivity index (χ4n) is 2.17. The SMILES string of the molecule is O=C(Nc1ccc(OC(F)(F)F)cc1)c1ccc(-c2cccs2)cc1. The Morgan fingerprint density at radius 2 is 1.64 bits per heavy atom. The number of ether oxygens (including phenoxy) is 1. The van der Waals surface area contributed by atoms with Gasteiger partial charge >= 0.3 is 6.36 Å². The Kier molecular flexibility index (Phi) is 4.76. The lowest BCUT2D eigenvalue weighted by molar-refractivity contribution is -0.274. The van der Waals surface area contributed by atoms with Crippen LogP contribution >= 0.6 is 11.3 Å². The van der Waals surface area contributed by atoms with Crippen molar-refractivity contribution < 1.29 is 22.7 Å². The lowest BCUT2D eigenvalue weighted by atomic mass is 10.1. The van der Waals surface area contributed by atoms with Crippen LogP contribution in [0, 0.1) is 0 Å². The highest BCUT2D eigenvalue weighted by atomic mass is 32.1. The molecule has 1 N–H and O–H groups in total. The summed E-state index contributed by atoms with van der Waals surface area (Å²) < 4.78 is 40.1. The molecular weight excluding hydrogens is 351 g/mol. The van der Waals surface area contributed by atoms with E-state index in [1.165, 1.54) is 12.1 Å². The highest BCUT2D eigenvalue weighted by molar-refractivity contribution is 7.13. The molecule has 0 aliphatic rings. The molecule has 0 aliphatic carbocycles. The number of rotatable bonds is 4. The van der Waals surface area contributed by atoms with Crippen LogP contribution in [-0.4, -0.2) is 12.3 Å². The maximum absolute atomic E-state index is 12.2. The van der Waals surface area contributed by atoms with E-state index in [1.807, 2.05) is 29.6 Å². The molecule has 0 aliphatic heterocycles. The zero-order valence-corrected chi connectivity index (χ0v) is 13.5. The molecule has 0 atom stereocenters. The minimum atomic E-state index is -4.74. The van der Waals surface area contributed by atoms with Crippen LogP contribution in [0.3, 0.4) is 0 Å². The predicted molar refractivity (Wildman–Crippen MR) is 90.8 cm³/mol. The number of nitrogens with one attached hydrogen (secondary N) is 1. The summed E-state index contributed by atoms with van der Waals surface area (Å²) in [5.74, 6) is -0.687. The van der Waals surface area contributed by atoms with Gasteiger partial charge < -0.3 is 10.1 Å². The fraction of sp³-hybridized carbons (Fsp3) is 0.0556. The summed E-state index contributed by atoms with van der Waals surface area (Å²) in [6.45, 7) is 0. The number of halogens is 3. The summed E-state index contributed by atoms with van der Waals surface area (Å²) in [5.41, 5.74) is 1.85. The Bertz CT molecular complexity index is 842. The van der Waals surface area contributed by atoms with Crippen LogP contribution in [0.4, 0.5) is 18.9 Å². The summed E-state index contributed by atoms with van der Waals surface area (Å²) in [4.78, 5) is 13.3. The number of benzene rings is 2. The van der Waals surface area contributed by atoms with Gasteiger partial charge in [-0.1, -0.05) is 18.2 Å². The number of anilines is 1. The number of hydrogen-bond donors (Lipinski definition) is 1. The molecular formula is C18H12F3NO2S. The number of carbonyl (C=O) groups is 1. The highest BCUT2D eigenvalue weighted by Crippen LogP contribution is 2.26. The molecule has 3 rings (SSSR count). The number of amides is 1. The van der Waals surface area contributed by atoms with Gasteiger partial charge in [-0.2, -0.15) is 0 Å². The second kappa shape index (κ2) is 6.98. The van der Waals surface area contributed by atoms with Crippen LogP contribution in [0.25, 0.3) is 10.4 Å². The third-order valence-electron chi connectivity index (χ3n) is 3.30. The minimum absolute atomic E-state index is 0.342. The largest absolute Gasteiger partial charge is 0.573 e. The molecule has 0 radical (unpaired) electrons. The van der Waals surface area contributed by atoms with E-state index in [1.54, 1.807) is 23.5 Å². The minimum Gasteiger partial charge on any atom is -0.406 e. The van der Waals surface area contributed by atoms with Crippen molar-refractivity contribution in [3.8, 4) is 16.2 Å². The van der Waals surface area contributed by atoms with Gasteiger partial charge in [0.25, 0.3) is 5.91 Å². The smallest absolute Gasteiger partial charge is 0.406 e. The van der Waals surface area contributed by atoms with Gasteiger partial charge in [0, 0.05) is 16.1 Å². The molecule has 128 valence electrons. The molecule has 0 saturated heterocycles. The molecule has 0 unspecified atom stereocenters. The molecule has 1 aromatic heterocycles. The van der Waals surface area contributed by atoms with Crippen molar-refractivity contribution in [2.24, 2.45) is 0 Å². The normalized spacial score (nSPS) is 11.2. The lowest BCUT2D eigenvalue weighted by Crippen LogP contribution is -2.17. The highest BCUT2D eigenvalue weighted by Gasteiger charge is 2.30. The van der Waals surface area contributed by atoms with Gasteiger partial charge in [-0.25, -0.2) is 0 Å². The average molecular weight is 363 g/mol. The average Bonchev–Trinajstić information content (AvgIpc) is 3.10. The molecule has 1 heterocycles. The Morgan fingerprint density at radius 1 is 0.960 bits per heavy atom. The Hall–Kier alpha value is -2.80. The van der Waals surface area contributed by atoms with E-state index in [9.17, 15) is 18.0 Å². The third kappa shape index (κ3) is 4.60. The van der Waals surface area contributed by atoms with Crippen molar-refractivity contribution in [1.29, 1.82) is 0 Å². The maximum Gasteiger partial charge on any atom is 0.573 e. The monoisotopic (exact) mass is 363 g/mol. The summed E-state index contributed by atoms with van der Waals surface area (Å²) in [7, 11) is 0. The van der Waals surface area contributed by atoms with Crippen LogP contribution in [0.5, 0.6) is 5.75 Å². The predicted octanol–water partition coefficient (Wildman–Crippen LogP) is 5.57. The van der Waals surface area contributed by atoms with E-state index in [-0.39, 0.29) is 11.7 Å². The maximum atomic E-state index is 12.2. The molecule has 0 bridgehead atoms. The molecule has 0 fully saturated rings. The molecule has 1 amide bonds. The summed E-state index contributed by atoms with van der Waals surface area (Å²) in [5, 5.41) is 4.60. The molecule has 3 aromatic rings. The molecule has 7 heteroatoms. The standard InChI is InChI=1S/C18H12F3NO2S/c19-18(20,21)24-15-9-7-14(8-10-15)22-17(23)13-5-3-12(4-6-13)16-2-1-11-25-16/h1-11H,(H,22,23). The van der Waals surface area contributed by atoms with Crippen molar-refractivity contribution >= 4 is 22.9 Å². The van der Waals surface area contributed by atoms with Gasteiger partial charge in [0.1, 0.15) is 5.75 Å². The first-order valence-electron chi connectivity index (χ1n) is 7.22. The number of hydrogen-bond acceptors (Lipinski definition) is 3. The van der Waals surface area contributed by atoms with E-state index < -0.39 is 6.36 Å². The Labute approximate surface area is 145 Å². The van der Waals surface area contributed by atoms with Gasteiger partial charge in [0.2, 0.25) is 0 Å². The van der Waals surface area contributed by atoms with Gasteiger partial charge in [-0.05, 0) is 53.4 Å². The first-order valence-corrected chi connectivity index (χ1v) is 8.10. The second-order valence-electron chi connectivity index (χ2n) is 5.08. The van der Waals surface area contributed by atoms with Crippen LogP contribution < -0.4 is 10.1 Å². The number of thiophene rings is 1. The molecule has 2 aromatic carbocycles. The second-order valence-corrected chi connectivity index (χ2v) is 6.03. The number of alkyl halides is 3.